The van der Waals surface area contributed by atoms with E-state index in [0.29, 0.717) is 13.2 Å². The summed E-state index contributed by atoms with van der Waals surface area (Å²) in [5, 5.41) is 0. The summed E-state index contributed by atoms with van der Waals surface area (Å²) in [6, 6.07) is 11.1. The van der Waals surface area contributed by atoms with Gasteiger partial charge in [-0.15, -0.1) is 0 Å². The lowest BCUT2D eigenvalue weighted by Gasteiger charge is -2.15. The second-order valence-electron chi connectivity index (χ2n) is 5.22. The van der Waals surface area contributed by atoms with Gasteiger partial charge in [-0.25, -0.2) is 0 Å². The van der Waals surface area contributed by atoms with Crippen LogP contribution in [-0.2, 0) is 6.54 Å². The number of hydrogen-bond donors (Lipinski definition) is 1. The van der Waals surface area contributed by atoms with E-state index in [2.05, 4.69) is 6.92 Å². The Morgan fingerprint density at radius 1 is 1.24 bits per heavy atom. The standard InChI is InChI=1S/C17H22N2O2/c1-3-10-21-15-6-4-14(5-7-15)16(18)12-19-9-8-13(2)11-17(19)20/h4-9,11,16H,3,10,12,18H2,1-2H3. The van der Waals surface area contributed by atoms with Gasteiger partial charge in [-0.05, 0) is 42.7 Å². The van der Waals surface area contributed by atoms with Crippen LogP contribution in [0.25, 0.3) is 0 Å². The van der Waals surface area contributed by atoms with Gasteiger partial charge in [0.15, 0.2) is 0 Å². The average molecular weight is 286 g/mol. The van der Waals surface area contributed by atoms with Crippen LogP contribution in [0.15, 0.2) is 47.4 Å². The van der Waals surface area contributed by atoms with Gasteiger partial charge in [0.25, 0.3) is 5.56 Å². The van der Waals surface area contributed by atoms with Gasteiger partial charge in [0, 0.05) is 24.8 Å². The van der Waals surface area contributed by atoms with Crippen molar-refractivity contribution in [3.63, 3.8) is 0 Å². The normalized spacial score (nSPS) is 12.1. The minimum Gasteiger partial charge on any atom is -0.494 e. The number of nitrogens with zero attached hydrogens (tertiary/aromatic N) is 1. The summed E-state index contributed by atoms with van der Waals surface area (Å²) in [5.74, 6) is 0.848. The van der Waals surface area contributed by atoms with Gasteiger partial charge >= 0.3 is 0 Å². The van der Waals surface area contributed by atoms with Crippen LogP contribution in [0, 0.1) is 6.92 Å². The number of aryl methyl sites for hydroxylation is 1. The number of aromatic nitrogens is 1. The maximum Gasteiger partial charge on any atom is 0.250 e. The van der Waals surface area contributed by atoms with E-state index in [4.69, 9.17) is 10.5 Å². The van der Waals surface area contributed by atoms with Crippen molar-refractivity contribution in [2.45, 2.75) is 32.9 Å². The Morgan fingerprint density at radius 3 is 2.57 bits per heavy atom. The lowest BCUT2D eigenvalue weighted by molar-refractivity contribution is 0.317. The van der Waals surface area contributed by atoms with Crippen LogP contribution in [-0.4, -0.2) is 11.2 Å². The van der Waals surface area contributed by atoms with Crippen molar-refractivity contribution in [3.8, 4) is 5.75 Å². The molecule has 0 fully saturated rings. The average Bonchev–Trinajstić information content (AvgIpc) is 2.48. The fourth-order valence-corrected chi connectivity index (χ4v) is 2.11. The van der Waals surface area contributed by atoms with Gasteiger partial charge in [0.05, 0.1) is 6.61 Å². The van der Waals surface area contributed by atoms with Crippen molar-refractivity contribution < 1.29 is 4.74 Å². The molecule has 0 aliphatic heterocycles. The molecule has 2 rings (SSSR count). The molecule has 0 aliphatic rings. The topological polar surface area (TPSA) is 57.2 Å². The number of benzene rings is 1. The van der Waals surface area contributed by atoms with Crippen molar-refractivity contribution in [2.75, 3.05) is 6.61 Å². The van der Waals surface area contributed by atoms with Gasteiger partial charge < -0.3 is 15.0 Å². The molecule has 0 bridgehead atoms. The predicted octanol–water partition coefficient (Wildman–Crippen LogP) is 2.65. The smallest absolute Gasteiger partial charge is 0.250 e. The highest BCUT2D eigenvalue weighted by molar-refractivity contribution is 5.29. The Bertz CT molecular complexity index is 632. The lowest BCUT2D eigenvalue weighted by Crippen LogP contribution is -2.26. The van der Waals surface area contributed by atoms with Crippen molar-refractivity contribution in [1.29, 1.82) is 0 Å². The Hall–Kier alpha value is -2.07. The molecule has 1 atom stereocenters. The monoisotopic (exact) mass is 286 g/mol. The van der Waals surface area contributed by atoms with E-state index in [1.807, 2.05) is 37.3 Å². The van der Waals surface area contributed by atoms with Crippen molar-refractivity contribution >= 4 is 0 Å². The maximum atomic E-state index is 11.9. The molecular formula is C17H22N2O2. The first-order chi connectivity index (χ1) is 10.1. The van der Waals surface area contributed by atoms with E-state index in [1.54, 1.807) is 16.8 Å². The van der Waals surface area contributed by atoms with Gasteiger partial charge in [-0.2, -0.15) is 0 Å². The largest absolute Gasteiger partial charge is 0.494 e. The van der Waals surface area contributed by atoms with Crippen LogP contribution in [0.3, 0.4) is 0 Å². The minimum atomic E-state index is -0.217. The Balaban J connectivity index is 2.05. The summed E-state index contributed by atoms with van der Waals surface area (Å²) in [5.41, 5.74) is 8.12. The lowest BCUT2D eigenvalue weighted by atomic mass is 10.1. The third-order valence-electron chi connectivity index (χ3n) is 3.33. The quantitative estimate of drug-likeness (QED) is 0.888. The highest BCUT2D eigenvalue weighted by Crippen LogP contribution is 2.17. The minimum absolute atomic E-state index is 0.0200. The van der Waals surface area contributed by atoms with Crippen LogP contribution in [0.5, 0.6) is 5.75 Å². The zero-order chi connectivity index (χ0) is 15.2. The molecule has 4 nitrogen and oxygen atoms in total. The number of hydrogen-bond acceptors (Lipinski definition) is 3. The van der Waals surface area contributed by atoms with Gasteiger partial charge in [-0.3, -0.25) is 4.79 Å². The zero-order valence-electron chi connectivity index (χ0n) is 12.6. The van der Waals surface area contributed by atoms with E-state index < -0.39 is 0 Å². The molecule has 0 aliphatic carbocycles. The Labute approximate surface area is 125 Å². The molecule has 0 saturated carbocycles. The molecule has 1 aromatic carbocycles. The van der Waals surface area contributed by atoms with Gasteiger partial charge in [0.1, 0.15) is 5.75 Å². The predicted molar refractivity (Wildman–Crippen MR) is 84.6 cm³/mol. The first kappa shape index (κ1) is 15.3. The molecule has 1 aromatic heterocycles. The first-order valence-electron chi connectivity index (χ1n) is 7.25. The van der Waals surface area contributed by atoms with E-state index in [9.17, 15) is 4.79 Å². The molecular weight excluding hydrogens is 264 g/mol. The second-order valence-corrected chi connectivity index (χ2v) is 5.22. The van der Waals surface area contributed by atoms with Crippen LogP contribution in [0.1, 0.15) is 30.5 Å². The molecule has 21 heavy (non-hydrogen) atoms. The Morgan fingerprint density at radius 2 is 1.95 bits per heavy atom. The zero-order valence-corrected chi connectivity index (χ0v) is 12.6. The first-order valence-corrected chi connectivity index (χ1v) is 7.25. The van der Waals surface area contributed by atoms with Crippen molar-refractivity contribution in [3.05, 3.63) is 64.1 Å². The van der Waals surface area contributed by atoms with Crippen LogP contribution >= 0.6 is 0 Å². The molecule has 0 radical (unpaired) electrons. The molecule has 0 saturated heterocycles. The summed E-state index contributed by atoms with van der Waals surface area (Å²) in [4.78, 5) is 11.9. The van der Waals surface area contributed by atoms with E-state index in [0.717, 1.165) is 23.3 Å². The molecule has 0 spiro atoms. The van der Waals surface area contributed by atoms with Crippen LogP contribution in [0.2, 0.25) is 0 Å². The van der Waals surface area contributed by atoms with Crippen LogP contribution < -0.4 is 16.0 Å². The van der Waals surface area contributed by atoms with E-state index >= 15 is 0 Å². The van der Waals surface area contributed by atoms with Gasteiger partial charge in [0.2, 0.25) is 0 Å². The van der Waals surface area contributed by atoms with E-state index in [1.165, 1.54) is 0 Å². The SMILES string of the molecule is CCCOc1ccc(C(N)Cn2ccc(C)cc2=O)cc1. The molecule has 1 unspecified atom stereocenters. The molecule has 2 aromatic rings. The summed E-state index contributed by atoms with van der Waals surface area (Å²) < 4.78 is 7.18. The van der Waals surface area contributed by atoms with E-state index in [-0.39, 0.29) is 11.6 Å². The van der Waals surface area contributed by atoms with Gasteiger partial charge in [-0.1, -0.05) is 19.1 Å². The highest BCUT2D eigenvalue weighted by atomic mass is 16.5. The maximum absolute atomic E-state index is 11.9. The summed E-state index contributed by atoms with van der Waals surface area (Å²) in [7, 11) is 0. The molecule has 2 N–H and O–H groups in total. The Kier molecular flexibility index (Phi) is 5.17. The third-order valence-corrected chi connectivity index (χ3v) is 3.33. The number of pyridine rings is 1. The number of ether oxygens (including phenoxy) is 1. The fraction of sp³-hybridized carbons (Fsp3) is 0.353. The molecule has 112 valence electrons. The third kappa shape index (κ3) is 4.20. The molecule has 4 heteroatoms. The second kappa shape index (κ2) is 7.09. The summed E-state index contributed by atoms with van der Waals surface area (Å²) in [6.07, 6.45) is 2.77. The van der Waals surface area contributed by atoms with Crippen molar-refractivity contribution in [1.82, 2.24) is 4.57 Å². The fourth-order valence-electron chi connectivity index (χ4n) is 2.11. The van der Waals surface area contributed by atoms with Crippen LogP contribution in [0.4, 0.5) is 0 Å². The number of rotatable bonds is 6. The van der Waals surface area contributed by atoms with Crippen molar-refractivity contribution in [2.24, 2.45) is 5.73 Å². The summed E-state index contributed by atoms with van der Waals surface area (Å²) in [6.45, 7) is 5.16. The number of nitrogens with two attached hydrogens (primary N) is 1. The summed E-state index contributed by atoms with van der Waals surface area (Å²) >= 11 is 0. The molecule has 1 heterocycles. The highest BCUT2D eigenvalue weighted by Gasteiger charge is 2.08. The molecule has 0 amide bonds.